The quantitative estimate of drug-likeness (QED) is 0.495. The van der Waals surface area contributed by atoms with Crippen LogP contribution in [-0.4, -0.2) is 10.1 Å². The van der Waals surface area contributed by atoms with E-state index < -0.39 is 4.92 Å². The van der Waals surface area contributed by atoms with Crippen LogP contribution in [0.2, 0.25) is 0 Å². The Labute approximate surface area is 138 Å². The molecule has 0 fully saturated rings. The van der Waals surface area contributed by atoms with Gasteiger partial charge in [-0.2, -0.15) is 0 Å². The summed E-state index contributed by atoms with van der Waals surface area (Å²) in [6, 6.07) is 16.8. The summed E-state index contributed by atoms with van der Waals surface area (Å²) in [7, 11) is 0. The lowest BCUT2D eigenvalue weighted by molar-refractivity contribution is -0.386. The van der Waals surface area contributed by atoms with Gasteiger partial charge in [0.25, 0.3) is 0 Å². The number of para-hydroxylation sites is 1. The van der Waals surface area contributed by atoms with Gasteiger partial charge in [-0.1, -0.05) is 41.6 Å². The molecule has 1 heterocycles. The fourth-order valence-corrected chi connectivity index (χ4v) is 2.20. The molecule has 3 aromatic rings. The van der Waals surface area contributed by atoms with Crippen LogP contribution < -0.4 is 4.74 Å². The van der Waals surface area contributed by atoms with Crippen LogP contribution in [0.15, 0.2) is 59.1 Å². The molecule has 0 spiro atoms. The Morgan fingerprint density at radius 3 is 2.58 bits per heavy atom. The third-order valence-corrected chi connectivity index (χ3v) is 3.31. The number of hydrogen-bond acceptors (Lipinski definition) is 5. The lowest BCUT2D eigenvalue weighted by Crippen LogP contribution is -1.90. The van der Waals surface area contributed by atoms with Crippen molar-refractivity contribution >= 4 is 17.8 Å². The summed E-state index contributed by atoms with van der Waals surface area (Å²) in [6.45, 7) is 1.51. The lowest BCUT2D eigenvalue weighted by Gasteiger charge is -2.05. The fraction of sp³-hybridized carbons (Fsp3) is 0.0556. The molecule has 24 heavy (non-hydrogen) atoms. The molecule has 0 amide bonds. The number of ether oxygens (including phenoxy) is 1. The predicted octanol–water partition coefficient (Wildman–Crippen LogP) is 4.85. The molecule has 0 aliphatic carbocycles. The molecule has 0 bridgehead atoms. The molecule has 3 rings (SSSR count). The normalized spacial score (nSPS) is 10.9. The maximum atomic E-state index is 11.0. The van der Waals surface area contributed by atoms with Crippen molar-refractivity contribution in [3.63, 3.8) is 0 Å². The van der Waals surface area contributed by atoms with Gasteiger partial charge in [0.05, 0.1) is 4.92 Å². The van der Waals surface area contributed by atoms with E-state index in [4.69, 9.17) is 9.26 Å². The second-order valence-corrected chi connectivity index (χ2v) is 5.05. The van der Waals surface area contributed by atoms with Crippen LogP contribution in [0.1, 0.15) is 17.0 Å². The minimum atomic E-state index is -0.500. The van der Waals surface area contributed by atoms with Crippen molar-refractivity contribution in [2.75, 3.05) is 0 Å². The van der Waals surface area contributed by atoms with Gasteiger partial charge in [0.2, 0.25) is 5.76 Å². The number of rotatable bonds is 5. The molecule has 0 saturated heterocycles. The van der Waals surface area contributed by atoms with Crippen LogP contribution in [0, 0.1) is 17.0 Å². The maximum Gasteiger partial charge on any atom is 0.338 e. The largest absolute Gasteiger partial charge is 0.457 e. The number of benzene rings is 2. The first-order chi connectivity index (χ1) is 11.6. The zero-order valence-corrected chi connectivity index (χ0v) is 12.9. The van der Waals surface area contributed by atoms with Crippen LogP contribution >= 0.6 is 0 Å². The van der Waals surface area contributed by atoms with Crippen LogP contribution in [0.4, 0.5) is 5.69 Å². The van der Waals surface area contributed by atoms with Crippen LogP contribution in [0.3, 0.4) is 0 Å². The monoisotopic (exact) mass is 322 g/mol. The number of aromatic nitrogens is 1. The van der Waals surface area contributed by atoms with Gasteiger partial charge in [0, 0.05) is 6.92 Å². The highest BCUT2D eigenvalue weighted by Gasteiger charge is 2.21. The number of aryl methyl sites for hydroxylation is 1. The van der Waals surface area contributed by atoms with E-state index in [1.165, 1.54) is 6.92 Å². The molecule has 6 heteroatoms. The van der Waals surface area contributed by atoms with Gasteiger partial charge < -0.3 is 9.26 Å². The molecular weight excluding hydrogens is 308 g/mol. The Kier molecular flexibility index (Phi) is 4.38. The molecule has 0 radical (unpaired) electrons. The summed E-state index contributed by atoms with van der Waals surface area (Å²) in [4.78, 5) is 10.5. The first-order valence-corrected chi connectivity index (χ1v) is 7.25. The predicted molar refractivity (Wildman–Crippen MR) is 89.8 cm³/mol. The molecule has 1 aromatic heterocycles. The Morgan fingerprint density at radius 1 is 1.08 bits per heavy atom. The van der Waals surface area contributed by atoms with E-state index in [9.17, 15) is 10.1 Å². The summed E-state index contributed by atoms with van der Waals surface area (Å²) in [5.41, 5.74) is 0.896. The van der Waals surface area contributed by atoms with Gasteiger partial charge in [0.1, 0.15) is 11.5 Å². The van der Waals surface area contributed by atoms with Crippen molar-refractivity contribution in [2.45, 2.75) is 6.92 Å². The maximum absolute atomic E-state index is 11.0. The van der Waals surface area contributed by atoms with Gasteiger partial charge in [0.15, 0.2) is 5.69 Å². The average molecular weight is 322 g/mol. The molecule has 0 unspecified atom stereocenters. The molecule has 6 nitrogen and oxygen atoms in total. The molecule has 0 atom stereocenters. The second kappa shape index (κ2) is 6.78. The minimum Gasteiger partial charge on any atom is -0.457 e. The van der Waals surface area contributed by atoms with Gasteiger partial charge in [-0.3, -0.25) is 10.1 Å². The summed E-state index contributed by atoms with van der Waals surface area (Å²) >= 11 is 0. The zero-order valence-electron chi connectivity index (χ0n) is 12.9. The van der Waals surface area contributed by atoms with E-state index in [1.807, 2.05) is 54.6 Å². The van der Waals surface area contributed by atoms with Crippen molar-refractivity contribution in [3.8, 4) is 11.5 Å². The third-order valence-electron chi connectivity index (χ3n) is 3.31. The lowest BCUT2D eigenvalue weighted by atomic mass is 10.2. The highest BCUT2D eigenvalue weighted by atomic mass is 16.6. The van der Waals surface area contributed by atoms with Crippen molar-refractivity contribution < 1.29 is 14.2 Å². The van der Waals surface area contributed by atoms with E-state index in [0.717, 1.165) is 11.3 Å². The molecule has 0 aliphatic rings. The number of hydrogen-bond donors (Lipinski definition) is 0. The van der Waals surface area contributed by atoms with Crippen molar-refractivity contribution in [2.24, 2.45) is 0 Å². The van der Waals surface area contributed by atoms with E-state index in [2.05, 4.69) is 5.16 Å². The van der Waals surface area contributed by atoms with Gasteiger partial charge in [-0.15, -0.1) is 0 Å². The molecular formula is C18H14N2O4. The summed E-state index contributed by atoms with van der Waals surface area (Å²) in [5.74, 6) is 1.59. The summed E-state index contributed by atoms with van der Waals surface area (Å²) in [5, 5.41) is 14.7. The Hall–Kier alpha value is -3.41. The Balaban J connectivity index is 1.81. The van der Waals surface area contributed by atoms with Crippen molar-refractivity contribution in [1.29, 1.82) is 0 Å². The van der Waals surface area contributed by atoms with E-state index in [0.29, 0.717) is 5.75 Å². The average Bonchev–Trinajstić information content (AvgIpc) is 2.95. The standard InChI is InChI=1S/C18H14N2O4/c1-13-18(20(21)22)17(19-24-13)11-10-14-6-5-9-16(12-14)23-15-7-3-2-4-8-15/h2-12H,1H3/b11-10+. The number of nitrogens with zero attached hydrogens (tertiary/aromatic N) is 2. The smallest absolute Gasteiger partial charge is 0.338 e. The Bertz CT molecular complexity index is 885. The third kappa shape index (κ3) is 3.49. The Morgan fingerprint density at radius 2 is 1.83 bits per heavy atom. The molecule has 0 N–H and O–H groups in total. The first-order valence-electron chi connectivity index (χ1n) is 7.25. The highest BCUT2D eigenvalue weighted by molar-refractivity contribution is 5.72. The molecule has 120 valence electrons. The van der Waals surface area contributed by atoms with Crippen LogP contribution in [0.25, 0.3) is 12.2 Å². The van der Waals surface area contributed by atoms with Gasteiger partial charge in [-0.25, -0.2) is 0 Å². The summed E-state index contributed by atoms with van der Waals surface area (Å²) < 4.78 is 10.6. The minimum absolute atomic E-state index is 0.122. The summed E-state index contributed by atoms with van der Waals surface area (Å²) in [6.07, 6.45) is 3.28. The van der Waals surface area contributed by atoms with E-state index in [-0.39, 0.29) is 17.1 Å². The zero-order chi connectivity index (χ0) is 16.9. The van der Waals surface area contributed by atoms with Gasteiger partial charge >= 0.3 is 5.69 Å². The van der Waals surface area contributed by atoms with Crippen molar-refractivity contribution in [1.82, 2.24) is 5.16 Å². The van der Waals surface area contributed by atoms with E-state index in [1.54, 1.807) is 12.2 Å². The van der Waals surface area contributed by atoms with Crippen LogP contribution in [0.5, 0.6) is 11.5 Å². The van der Waals surface area contributed by atoms with Gasteiger partial charge in [-0.05, 0) is 35.9 Å². The molecule has 0 aliphatic heterocycles. The fourth-order valence-electron chi connectivity index (χ4n) is 2.20. The highest BCUT2D eigenvalue weighted by Crippen LogP contribution is 2.26. The topological polar surface area (TPSA) is 78.4 Å². The SMILES string of the molecule is Cc1onc(/C=C/c2cccc(Oc3ccccc3)c2)c1[N+](=O)[O-]. The first kappa shape index (κ1) is 15.5. The van der Waals surface area contributed by atoms with E-state index >= 15 is 0 Å². The second-order valence-electron chi connectivity index (χ2n) is 5.05. The number of nitro groups is 1. The van der Waals surface area contributed by atoms with Crippen LogP contribution in [-0.2, 0) is 0 Å². The van der Waals surface area contributed by atoms with Crippen molar-refractivity contribution in [3.05, 3.63) is 81.7 Å². The molecule has 2 aromatic carbocycles. The molecule has 0 saturated carbocycles.